The van der Waals surface area contributed by atoms with Crippen molar-refractivity contribution < 1.29 is 19.2 Å². The number of carbonyl (C=O) groups excluding carboxylic acids is 4. The van der Waals surface area contributed by atoms with E-state index >= 15 is 0 Å². The molecule has 2 N–H and O–H groups in total. The van der Waals surface area contributed by atoms with Gasteiger partial charge >= 0.3 is 0 Å². The van der Waals surface area contributed by atoms with Crippen LogP contribution in [0.3, 0.4) is 0 Å². The molecule has 178 valence electrons. The first kappa shape index (κ1) is 24.0. The lowest BCUT2D eigenvalue weighted by Crippen LogP contribution is -2.43. The van der Waals surface area contributed by atoms with E-state index in [-0.39, 0.29) is 37.5 Å². The van der Waals surface area contributed by atoms with Crippen molar-refractivity contribution >= 4 is 35.1 Å². The number of nitrogens with zero attached hydrogens (tertiary/aromatic N) is 1. The number of halogens is 1. The Morgan fingerprint density at radius 2 is 1.62 bits per heavy atom. The number of hydrogen-bond donors (Lipinski definition) is 2. The quantitative estimate of drug-likeness (QED) is 0.469. The van der Waals surface area contributed by atoms with Crippen molar-refractivity contribution in [3.8, 4) is 0 Å². The predicted molar refractivity (Wildman–Crippen MR) is 128 cm³/mol. The van der Waals surface area contributed by atoms with E-state index in [9.17, 15) is 19.2 Å². The van der Waals surface area contributed by atoms with Gasteiger partial charge in [0, 0.05) is 36.3 Å². The Morgan fingerprint density at radius 3 is 2.29 bits per heavy atom. The standard InChI is InChI=1S/C26H28ClN3O4/c27-20-10-6-19(7-11-20)24(32)28-14-15-30-16-22(23(31)26(30)34)25(33)29-21-12-8-18(9-13-21)17-4-2-1-3-5-17/h1-7,10-11,18,21-22H,8-9,12-16H2,(H,28,32)(H,29,33). The maximum absolute atomic E-state index is 12.8. The summed E-state index contributed by atoms with van der Waals surface area (Å²) in [6, 6.07) is 16.8. The first-order chi connectivity index (χ1) is 16.4. The molecule has 3 amide bonds. The lowest BCUT2D eigenvalue weighted by molar-refractivity contribution is -0.142. The topological polar surface area (TPSA) is 95.6 Å². The average Bonchev–Trinajstić information content (AvgIpc) is 3.14. The SMILES string of the molecule is O=C(NCCN1CC(C(=O)NC2CCC(c3ccccc3)CC2)C(=O)C1=O)c1ccc(Cl)cc1. The van der Waals surface area contributed by atoms with Gasteiger partial charge in [0.2, 0.25) is 11.7 Å². The molecular weight excluding hydrogens is 454 g/mol. The highest BCUT2D eigenvalue weighted by molar-refractivity contribution is 6.42. The minimum absolute atomic E-state index is 0.0167. The van der Waals surface area contributed by atoms with Crippen LogP contribution in [0.25, 0.3) is 0 Å². The third-order valence-electron chi connectivity index (χ3n) is 6.65. The van der Waals surface area contributed by atoms with Crippen molar-refractivity contribution in [3.63, 3.8) is 0 Å². The van der Waals surface area contributed by atoms with E-state index in [4.69, 9.17) is 11.6 Å². The van der Waals surface area contributed by atoms with Gasteiger partial charge in [-0.25, -0.2) is 0 Å². The summed E-state index contributed by atoms with van der Waals surface area (Å²) < 4.78 is 0. The molecule has 1 saturated carbocycles. The van der Waals surface area contributed by atoms with Crippen molar-refractivity contribution in [1.29, 1.82) is 0 Å². The number of rotatable bonds is 7. The number of Topliss-reactive ketones (excluding diaryl/α,β-unsaturated/α-hetero) is 1. The Kier molecular flexibility index (Phi) is 7.63. The van der Waals surface area contributed by atoms with Crippen LogP contribution < -0.4 is 10.6 Å². The van der Waals surface area contributed by atoms with Crippen LogP contribution in [-0.2, 0) is 14.4 Å². The van der Waals surface area contributed by atoms with Gasteiger partial charge in [0.25, 0.3) is 11.8 Å². The Bertz CT molecular complexity index is 1050. The number of carbonyl (C=O) groups is 4. The van der Waals surface area contributed by atoms with Gasteiger partial charge in [0.1, 0.15) is 5.92 Å². The Labute approximate surface area is 203 Å². The zero-order valence-electron chi connectivity index (χ0n) is 18.8. The summed E-state index contributed by atoms with van der Waals surface area (Å²) in [6.45, 7) is 0.383. The molecule has 1 saturated heterocycles. The summed E-state index contributed by atoms with van der Waals surface area (Å²) >= 11 is 5.83. The molecule has 0 bridgehead atoms. The normalized spacial score (nSPS) is 22.5. The first-order valence-corrected chi connectivity index (χ1v) is 12.0. The molecule has 0 aromatic heterocycles. The largest absolute Gasteiger partial charge is 0.353 e. The van der Waals surface area contributed by atoms with Gasteiger partial charge in [-0.2, -0.15) is 0 Å². The zero-order chi connectivity index (χ0) is 24.1. The van der Waals surface area contributed by atoms with E-state index in [1.54, 1.807) is 24.3 Å². The van der Waals surface area contributed by atoms with Crippen molar-refractivity contribution in [2.75, 3.05) is 19.6 Å². The van der Waals surface area contributed by atoms with Crippen LogP contribution in [0.1, 0.15) is 47.5 Å². The Morgan fingerprint density at radius 1 is 0.941 bits per heavy atom. The number of hydrogen-bond acceptors (Lipinski definition) is 4. The van der Waals surface area contributed by atoms with Crippen LogP contribution in [-0.4, -0.2) is 54.1 Å². The second kappa shape index (κ2) is 10.8. The fourth-order valence-corrected chi connectivity index (χ4v) is 4.82. The van der Waals surface area contributed by atoms with Gasteiger partial charge in [-0.05, 0) is 61.4 Å². The number of ketones is 1. The van der Waals surface area contributed by atoms with Crippen molar-refractivity contribution in [3.05, 3.63) is 70.7 Å². The van der Waals surface area contributed by atoms with Gasteiger partial charge in [0.15, 0.2) is 0 Å². The summed E-state index contributed by atoms with van der Waals surface area (Å²) in [5.74, 6) is -2.54. The van der Waals surface area contributed by atoms with E-state index in [2.05, 4.69) is 22.8 Å². The van der Waals surface area contributed by atoms with Gasteiger partial charge in [0.05, 0.1) is 0 Å². The number of likely N-dealkylation sites (tertiary alicyclic amines) is 1. The third-order valence-corrected chi connectivity index (χ3v) is 6.90. The molecule has 2 aromatic carbocycles. The highest BCUT2D eigenvalue weighted by Gasteiger charge is 2.43. The molecule has 2 fully saturated rings. The molecule has 1 aliphatic heterocycles. The maximum atomic E-state index is 12.8. The molecule has 0 radical (unpaired) electrons. The second-order valence-corrected chi connectivity index (χ2v) is 9.34. The molecule has 1 heterocycles. The minimum Gasteiger partial charge on any atom is -0.353 e. The van der Waals surface area contributed by atoms with Crippen LogP contribution in [0.15, 0.2) is 54.6 Å². The predicted octanol–water partition coefficient (Wildman–Crippen LogP) is 2.94. The second-order valence-electron chi connectivity index (χ2n) is 8.90. The van der Waals surface area contributed by atoms with Crippen molar-refractivity contribution in [1.82, 2.24) is 15.5 Å². The monoisotopic (exact) mass is 481 g/mol. The van der Waals surface area contributed by atoms with Gasteiger partial charge in [-0.15, -0.1) is 0 Å². The molecule has 8 heteroatoms. The fourth-order valence-electron chi connectivity index (χ4n) is 4.69. The minimum atomic E-state index is -0.994. The first-order valence-electron chi connectivity index (χ1n) is 11.6. The van der Waals surface area contributed by atoms with Gasteiger partial charge in [-0.3, -0.25) is 19.2 Å². The van der Waals surface area contributed by atoms with Crippen LogP contribution >= 0.6 is 11.6 Å². The molecule has 34 heavy (non-hydrogen) atoms. The lowest BCUT2D eigenvalue weighted by atomic mass is 9.81. The number of amides is 3. The third kappa shape index (κ3) is 5.65. The molecule has 2 aromatic rings. The average molecular weight is 482 g/mol. The summed E-state index contributed by atoms with van der Waals surface area (Å²) in [4.78, 5) is 51.1. The van der Waals surface area contributed by atoms with E-state index < -0.39 is 17.6 Å². The summed E-state index contributed by atoms with van der Waals surface area (Å²) in [5.41, 5.74) is 1.77. The van der Waals surface area contributed by atoms with Crippen molar-refractivity contribution in [2.45, 2.75) is 37.6 Å². The van der Waals surface area contributed by atoms with E-state index in [0.717, 1.165) is 25.7 Å². The number of benzene rings is 2. The Hall–Kier alpha value is -3.19. The maximum Gasteiger partial charge on any atom is 0.290 e. The summed E-state index contributed by atoms with van der Waals surface area (Å²) in [6.07, 6.45) is 3.65. The van der Waals surface area contributed by atoms with E-state index in [1.165, 1.54) is 10.5 Å². The molecule has 7 nitrogen and oxygen atoms in total. The van der Waals surface area contributed by atoms with Crippen LogP contribution in [0, 0.1) is 5.92 Å². The molecule has 1 aliphatic carbocycles. The lowest BCUT2D eigenvalue weighted by Gasteiger charge is -2.30. The summed E-state index contributed by atoms with van der Waals surface area (Å²) in [5, 5.41) is 6.24. The van der Waals surface area contributed by atoms with Crippen molar-refractivity contribution in [2.24, 2.45) is 5.92 Å². The number of nitrogens with one attached hydrogen (secondary N) is 2. The molecule has 2 aliphatic rings. The smallest absolute Gasteiger partial charge is 0.290 e. The molecule has 1 atom stereocenters. The van der Waals surface area contributed by atoms with E-state index in [1.807, 2.05) is 18.2 Å². The van der Waals surface area contributed by atoms with Gasteiger partial charge < -0.3 is 15.5 Å². The van der Waals surface area contributed by atoms with Crippen LogP contribution in [0.2, 0.25) is 5.02 Å². The Balaban J connectivity index is 1.23. The van der Waals surface area contributed by atoms with Gasteiger partial charge in [-0.1, -0.05) is 41.9 Å². The van der Waals surface area contributed by atoms with Crippen LogP contribution in [0.5, 0.6) is 0 Å². The highest BCUT2D eigenvalue weighted by Crippen LogP contribution is 2.33. The zero-order valence-corrected chi connectivity index (χ0v) is 19.6. The molecule has 0 spiro atoms. The molecule has 4 rings (SSSR count). The highest BCUT2D eigenvalue weighted by atomic mass is 35.5. The summed E-state index contributed by atoms with van der Waals surface area (Å²) in [7, 11) is 0. The molecule has 1 unspecified atom stereocenters. The van der Waals surface area contributed by atoms with E-state index in [0.29, 0.717) is 16.5 Å². The fraction of sp³-hybridized carbons (Fsp3) is 0.385. The van der Waals surface area contributed by atoms with Crippen LogP contribution in [0.4, 0.5) is 0 Å². The molecular formula is C26H28ClN3O4.